The van der Waals surface area contributed by atoms with Gasteiger partial charge in [0.15, 0.2) is 0 Å². The molecule has 20 heavy (non-hydrogen) atoms. The molecule has 0 radical (unpaired) electrons. The summed E-state index contributed by atoms with van der Waals surface area (Å²) >= 11 is 5.84. The van der Waals surface area contributed by atoms with Gasteiger partial charge >= 0.3 is 5.69 Å². The van der Waals surface area contributed by atoms with Crippen molar-refractivity contribution in [2.75, 3.05) is 17.6 Å². The van der Waals surface area contributed by atoms with Gasteiger partial charge in [-0.2, -0.15) is 0 Å². The van der Waals surface area contributed by atoms with Crippen LogP contribution in [0.1, 0.15) is 5.56 Å². The first-order valence-electron chi connectivity index (χ1n) is 6.09. The normalized spacial score (nSPS) is 10.2. The lowest BCUT2D eigenvalue weighted by molar-refractivity contribution is -0.383. The number of nitro benzene ring substituents is 1. The monoisotopic (exact) mass is 291 g/mol. The third-order valence-corrected chi connectivity index (χ3v) is 3.18. The van der Waals surface area contributed by atoms with Crippen LogP contribution >= 0.6 is 11.6 Å². The molecule has 2 rings (SSSR count). The van der Waals surface area contributed by atoms with Crippen LogP contribution in [0, 0.1) is 10.1 Å². The molecule has 0 fully saturated rings. The Balaban J connectivity index is 2.02. The van der Waals surface area contributed by atoms with Gasteiger partial charge in [0.05, 0.1) is 4.92 Å². The van der Waals surface area contributed by atoms with E-state index in [4.69, 9.17) is 17.3 Å². The van der Waals surface area contributed by atoms with E-state index in [1.807, 2.05) is 24.3 Å². The summed E-state index contributed by atoms with van der Waals surface area (Å²) in [6.45, 7) is 0.575. The van der Waals surface area contributed by atoms with Crippen molar-refractivity contribution in [3.05, 3.63) is 63.2 Å². The van der Waals surface area contributed by atoms with Gasteiger partial charge in [-0.3, -0.25) is 10.1 Å². The first-order chi connectivity index (χ1) is 9.58. The molecule has 0 unspecified atom stereocenters. The fourth-order valence-corrected chi connectivity index (χ4v) is 2.11. The Hall–Kier alpha value is -2.27. The second kappa shape index (κ2) is 6.25. The summed E-state index contributed by atoms with van der Waals surface area (Å²) in [6.07, 6.45) is 0.740. The summed E-state index contributed by atoms with van der Waals surface area (Å²) in [5.41, 5.74) is 7.77. The third-order valence-electron chi connectivity index (χ3n) is 2.88. The van der Waals surface area contributed by atoms with Gasteiger partial charge in [0.1, 0.15) is 10.7 Å². The van der Waals surface area contributed by atoms with Gasteiger partial charge in [-0.25, -0.2) is 0 Å². The average molecular weight is 292 g/mol. The predicted octanol–water partition coefficient (Wildman–Crippen LogP) is 3.49. The molecule has 0 aliphatic rings. The topological polar surface area (TPSA) is 81.2 Å². The number of rotatable bonds is 5. The first-order valence-corrected chi connectivity index (χ1v) is 6.47. The Kier molecular flexibility index (Phi) is 4.42. The molecule has 0 amide bonds. The summed E-state index contributed by atoms with van der Waals surface area (Å²) in [5.74, 6) is 0. The van der Waals surface area contributed by atoms with E-state index >= 15 is 0 Å². The molecule has 104 valence electrons. The van der Waals surface area contributed by atoms with Crippen molar-refractivity contribution in [3.8, 4) is 0 Å². The van der Waals surface area contributed by atoms with Crippen LogP contribution in [-0.2, 0) is 6.42 Å². The SMILES string of the molecule is Nc1ccc(CCNc2cccc(Cl)c2[N+](=O)[O-])cc1. The molecule has 2 aromatic rings. The number of nitrogens with zero attached hydrogens (tertiary/aromatic N) is 1. The van der Waals surface area contributed by atoms with Crippen LogP contribution in [0.4, 0.5) is 17.1 Å². The summed E-state index contributed by atoms with van der Waals surface area (Å²) in [6, 6.07) is 12.4. The van der Waals surface area contributed by atoms with Crippen LogP contribution in [0.3, 0.4) is 0 Å². The smallest absolute Gasteiger partial charge is 0.310 e. The van der Waals surface area contributed by atoms with Crippen molar-refractivity contribution < 1.29 is 4.92 Å². The van der Waals surface area contributed by atoms with E-state index in [1.54, 1.807) is 12.1 Å². The van der Waals surface area contributed by atoms with Gasteiger partial charge in [0.2, 0.25) is 0 Å². The number of para-hydroxylation sites is 1. The molecule has 6 heteroatoms. The van der Waals surface area contributed by atoms with E-state index in [2.05, 4.69) is 5.32 Å². The van der Waals surface area contributed by atoms with Crippen molar-refractivity contribution in [2.24, 2.45) is 0 Å². The van der Waals surface area contributed by atoms with Crippen molar-refractivity contribution in [1.82, 2.24) is 0 Å². The summed E-state index contributed by atoms with van der Waals surface area (Å²) < 4.78 is 0. The molecule has 0 saturated carbocycles. The highest BCUT2D eigenvalue weighted by molar-refractivity contribution is 6.33. The first kappa shape index (κ1) is 14.1. The van der Waals surface area contributed by atoms with E-state index in [-0.39, 0.29) is 10.7 Å². The number of nitro groups is 1. The number of nitrogens with one attached hydrogen (secondary N) is 1. The van der Waals surface area contributed by atoms with Crippen LogP contribution in [-0.4, -0.2) is 11.5 Å². The van der Waals surface area contributed by atoms with Gasteiger partial charge < -0.3 is 11.1 Å². The summed E-state index contributed by atoms with van der Waals surface area (Å²) in [5, 5.41) is 14.2. The van der Waals surface area contributed by atoms with Gasteiger partial charge in [0.25, 0.3) is 0 Å². The molecule has 0 bridgehead atoms. The number of nitrogens with two attached hydrogens (primary N) is 1. The molecule has 0 saturated heterocycles. The zero-order valence-corrected chi connectivity index (χ0v) is 11.4. The fourth-order valence-electron chi connectivity index (χ4n) is 1.87. The number of halogens is 1. The van der Waals surface area contributed by atoms with Crippen LogP contribution in [0.25, 0.3) is 0 Å². The summed E-state index contributed by atoms with van der Waals surface area (Å²) in [7, 11) is 0. The minimum Gasteiger partial charge on any atom is -0.399 e. The van der Waals surface area contributed by atoms with E-state index in [0.717, 1.165) is 12.0 Å². The van der Waals surface area contributed by atoms with Gasteiger partial charge in [-0.05, 0) is 36.2 Å². The standard InChI is InChI=1S/C14H14ClN3O2/c15-12-2-1-3-13(14(12)18(19)20)17-9-8-10-4-6-11(16)7-5-10/h1-7,17H,8-9,16H2. The van der Waals surface area contributed by atoms with Crippen LogP contribution in [0.5, 0.6) is 0 Å². The molecule has 0 atom stereocenters. The number of nitrogen functional groups attached to an aromatic ring is 1. The molecule has 5 nitrogen and oxygen atoms in total. The highest BCUT2D eigenvalue weighted by atomic mass is 35.5. The van der Waals surface area contributed by atoms with E-state index in [0.29, 0.717) is 17.9 Å². The number of benzene rings is 2. The zero-order valence-electron chi connectivity index (χ0n) is 10.7. The summed E-state index contributed by atoms with van der Waals surface area (Å²) in [4.78, 5) is 10.5. The third kappa shape index (κ3) is 3.39. The highest BCUT2D eigenvalue weighted by Crippen LogP contribution is 2.32. The minimum atomic E-state index is -0.478. The van der Waals surface area contributed by atoms with E-state index < -0.39 is 4.92 Å². The van der Waals surface area contributed by atoms with Gasteiger partial charge in [-0.15, -0.1) is 0 Å². The highest BCUT2D eigenvalue weighted by Gasteiger charge is 2.17. The second-order valence-electron chi connectivity index (χ2n) is 4.31. The Morgan fingerprint density at radius 3 is 2.55 bits per heavy atom. The lowest BCUT2D eigenvalue weighted by Crippen LogP contribution is -2.07. The fraction of sp³-hybridized carbons (Fsp3) is 0.143. The maximum absolute atomic E-state index is 11.0. The maximum Gasteiger partial charge on any atom is 0.310 e. The Bertz CT molecular complexity index is 614. The Labute approximate surface area is 121 Å². The van der Waals surface area contributed by atoms with E-state index in [1.165, 1.54) is 6.07 Å². The molecule has 0 aliphatic carbocycles. The predicted molar refractivity (Wildman–Crippen MR) is 81.2 cm³/mol. The molecular weight excluding hydrogens is 278 g/mol. The average Bonchev–Trinajstić information content (AvgIpc) is 2.40. The largest absolute Gasteiger partial charge is 0.399 e. The lowest BCUT2D eigenvalue weighted by atomic mass is 10.1. The quantitative estimate of drug-likeness (QED) is 0.502. The Morgan fingerprint density at radius 2 is 1.90 bits per heavy atom. The molecule has 2 aromatic carbocycles. The van der Waals surface area contributed by atoms with Crippen molar-refractivity contribution in [2.45, 2.75) is 6.42 Å². The zero-order chi connectivity index (χ0) is 14.5. The van der Waals surface area contributed by atoms with Gasteiger partial charge in [0, 0.05) is 12.2 Å². The van der Waals surface area contributed by atoms with Crippen molar-refractivity contribution in [1.29, 1.82) is 0 Å². The molecular formula is C14H14ClN3O2. The molecule has 0 aliphatic heterocycles. The molecule has 3 N–H and O–H groups in total. The van der Waals surface area contributed by atoms with Crippen LogP contribution < -0.4 is 11.1 Å². The Morgan fingerprint density at radius 1 is 1.20 bits per heavy atom. The maximum atomic E-state index is 11.0. The van der Waals surface area contributed by atoms with Gasteiger partial charge in [-0.1, -0.05) is 29.8 Å². The van der Waals surface area contributed by atoms with E-state index in [9.17, 15) is 10.1 Å². The van der Waals surface area contributed by atoms with Crippen molar-refractivity contribution in [3.63, 3.8) is 0 Å². The second-order valence-corrected chi connectivity index (χ2v) is 4.72. The molecule has 0 aromatic heterocycles. The molecule has 0 spiro atoms. The van der Waals surface area contributed by atoms with Crippen LogP contribution in [0.2, 0.25) is 5.02 Å². The van der Waals surface area contributed by atoms with Crippen molar-refractivity contribution >= 4 is 28.7 Å². The lowest BCUT2D eigenvalue weighted by Gasteiger charge is -2.08. The number of hydrogen-bond acceptors (Lipinski definition) is 4. The minimum absolute atomic E-state index is 0.0912. The number of anilines is 2. The number of hydrogen-bond donors (Lipinski definition) is 2. The molecule has 0 heterocycles. The van der Waals surface area contributed by atoms with Crippen LogP contribution in [0.15, 0.2) is 42.5 Å².